The summed E-state index contributed by atoms with van der Waals surface area (Å²) in [5, 5.41) is 0. The molecule has 0 N–H and O–H groups in total. The van der Waals surface area contributed by atoms with Crippen LogP contribution >= 0.6 is 15.9 Å². The van der Waals surface area contributed by atoms with Crippen molar-refractivity contribution in [1.82, 2.24) is 0 Å². The number of methoxy groups -OCH3 is 1. The van der Waals surface area contributed by atoms with E-state index in [1.807, 2.05) is 26.0 Å². The first kappa shape index (κ1) is 12.8. The zero-order chi connectivity index (χ0) is 12.1. The average Bonchev–Trinajstić information content (AvgIpc) is 2.21. The van der Waals surface area contributed by atoms with Gasteiger partial charge in [0.1, 0.15) is 6.42 Å². The summed E-state index contributed by atoms with van der Waals surface area (Å²) in [6, 6.07) is 4.02. The number of esters is 1. The summed E-state index contributed by atoms with van der Waals surface area (Å²) in [7, 11) is 1.36. The molecule has 0 unspecified atom stereocenters. The number of benzene rings is 1. The van der Waals surface area contributed by atoms with Crippen molar-refractivity contribution in [3.63, 3.8) is 0 Å². The molecule has 0 amide bonds. The summed E-state index contributed by atoms with van der Waals surface area (Å²) < 4.78 is 5.56. The summed E-state index contributed by atoms with van der Waals surface area (Å²) in [6.07, 6.45) is 0.130. The van der Waals surface area contributed by atoms with Crippen molar-refractivity contribution >= 4 is 21.9 Å². The third-order valence-electron chi connectivity index (χ3n) is 2.17. The lowest BCUT2D eigenvalue weighted by molar-refractivity contribution is -0.139. The molecule has 1 aromatic carbocycles. The lowest BCUT2D eigenvalue weighted by Crippen LogP contribution is -1.97. The first-order valence-electron chi connectivity index (χ1n) is 4.87. The first-order chi connectivity index (χ1) is 7.54. The number of aryl methyl sites for hydroxylation is 2. The van der Waals surface area contributed by atoms with E-state index in [2.05, 4.69) is 32.5 Å². The van der Waals surface area contributed by atoms with Gasteiger partial charge in [0.2, 0.25) is 0 Å². The molecule has 0 aliphatic rings. The van der Waals surface area contributed by atoms with Crippen molar-refractivity contribution in [2.45, 2.75) is 20.3 Å². The number of halogens is 1. The van der Waals surface area contributed by atoms with Gasteiger partial charge in [-0.15, -0.1) is 0 Å². The van der Waals surface area contributed by atoms with Gasteiger partial charge >= 0.3 is 5.97 Å². The van der Waals surface area contributed by atoms with E-state index < -0.39 is 0 Å². The second kappa shape index (κ2) is 5.72. The Kier molecular flexibility index (Phi) is 4.57. The van der Waals surface area contributed by atoms with Crippen molar-refractivity contribution in [3.8, 4) is 11.8 Å². The third-order valence-corrected chi connectivity index (χ3v) is 2.63. The Hall–Kier alpha value is -1.27. The average molecular weight is 281 g/mol. The number of carbonyl (C=O) groups excluding carboxylic acids is 1. The Morgan fingerprint density at radius 3 is 2.44 bits per heavy atom. The summed E-state index contributed by atoms with van der Waals surface area (Å²) >= 11 is 3.43. The highest BCUT2D eigenvalue weighted by Crippen LogP contribution is 2.19. The van der Waals surface area contributed by atoms with Gasteiger partial charge < -0.3 is 4.74 Å². The zero-order valence-electron chi connectivity index (χ0n) is 9.56. The first-order valence-corrected chi connectivity index (χ1v) is 5.66. The number of hydrogen-bond acceptors (Lipinski definition) is 2. The van der Waals surface area contributed by atoms with Gasteiger partial charge in [-0.1, -0.05) is 27.8 Å². The standard InChI is InChI=1S/C13H13BrO2/c1-9-7-11(14)8-10(2)12(9)5-4-6-13(15)16-3/h7-8H,6H2,1-3H3. The Balaban J connectivity index is 2.93. The smallest absolute Gasteiger partial charge is 0.317 e. The van der Waals surface area contributed by atoms with E-state index in [-0.39, 0.29) is 12.4 Å². The van der Waals surface area contributed by atoms with Crippen LogP contribution in [0.15, 0.2) is 16.6 Å². The van der Waals surface area contributed by atoms with Crippen LogP contribution in [0.4, 0.5) is 0 Å². The van der Waals surface area contributed by atoms with Gasteiger partial charge in [0.05, 0.1) is 7.11 Å². The normalized spacial score (nSPS) is 9.25. The molecule has 0 aromatic heterocycles. The lowest BCUT2D eigenvalue weighted by Gasteiger charge is -2.03. The second-order valence-electron chi connectivity index (χ2n) is 3.47. The van der Waals surface area contributed by atoms with E-state index in [0.717, 1.165) is 21.2 Å². The van der Waals surface area contributed by atoms with Crippen molar-refractivity contribution < 1.29 is 9.53 Å². The quantitative estimate of drug-likeness (QED) is 0.584. The third kappa shape index (κ3) is 3.39. The minimum atomic E-state index is -0.306. The number of rotatable bonds is 1. The zero-order valence-corrected chi connectivity index (χ0v) is 11.1. The topological polar surface area (TPSA) is 26.3 Å². The van der Waals surface area contributed by atoms with Gasteiger partial charge in [0, 0.05) is 10.0 Å². The molecule has 0 atom stereocenters. The minimum Gasteiger partial charge on any atom is -0.468 e. The highest BCUT2D eigenvalue weighted by molar-refractivity contribution is 9.10. The molecule has 0 saturated heterocycles. The molecule has 0 bridgehead atoms. The molecule has 1 aromatic rings. The van der Waals surface area contributed by atoms with E-state index in [0.29, 0.717) is 0 Å². The van der Waals surface area contributed by atoms with Gasteiger partial charge in [-0.05, 0) is 37.1 Å². The van der Waals surface area contributed by atoms with E-state index >= 15 is 0 Å². The fourth-order valence-corrected chi connectivity index (χ4v) is 2.07. The Bertz CT molecular complexity index is 444. The van der Waals surface area contributed by atoms with Crippen LogP contribution in [0.1, 0.15) is 23.1 Å². The molecule has 0 radical (unpaired) electrons. The molecule has 3 heteroatoms. The predicted octanol–water partition coefficient (Wildman–Crippen LogP) is 2.98. The maximum Gasteiger partial charge on any atom is 0.317 e. The van der Waals surface area contributed by atoms with Crippen LogP contribution in [0.3, 0.4) is 0 Å². The van der Waals surface area contributed by atoms with Crippen LogP contribution in [0.5, 0.6) is 0 Å². The van der Waals surface area contributed by atoms with E-state index in [1.54, 1.807) is 0 Å². The van der Waals surface area contributed by atoms with E-state index in [1.165, 1.54) is 7.11 Å². The van der Waals surface area contributed by atoms with Gasteiger partial charge in [-0.25, -0.2) is 0 Å². The van der Waals surface area contributed by atoms with Crippen LogP contribution in [0.25, 0.3) is 0 Å². The molecule has 0 aliphatic heterocycles. The Morgan fingerprint density at radius 2 is 1.94 bits per heavy atom. The predicted molar refractivity (Wildman–Crippen MR) is 67.1 cm³/mol. The molecule has 0 fully saturated rings. The molecule has 16 heavy (non-hydrogen) atoms. The van der Waals surface area contributed by atoms with Gasteiger partial charge in [-0.2, -0.15) is 0 Å². The van der Waals surface area contributed by atoms with E-state index in [4.69, 9.17) is 0 Å². The van der Waals surface area contributed by atoms with Gasteiger partial charge in [0.25, 0.3) is 0 Å². The largest absolute Gasteiger partial charge is 0.468 e. The minimum absolute atomic E-state index is 0.130. The SMILES string of the molecule is COC(=O)CC#Cc1c(C)cc(Br)cc1C. The van der Waals surface area contributed by atoms with Crippen LogP contribution in [-0.2, 0) is 9.53 Å². The van der Waals surface area contributed by atoms with Crippen LogP contribution in [0.2, 0.25) is 0 Å². The van der Waals surface area contributed by atoms with Crippen LogP contribution in [0, 0.1) is 25.7 Å². The Morgan fingerprint density at radius 1 is 1.38 bits per heavy atom. The second-order valence-corrected chi connectivity index (χ2v) is 4.38. The highest BCUT2D eigenvalue weighted by Gasteiger charge is 2.01. The summed E-state index contributed by atoms with van der Waals surface area (Å²) in [5.74, 6) is 5.51. The number of hydrogen-bond donors (Lipinski definition) is 0. The molecule has 0 saturated carbocycles. The van der Waals surface area contributed by atoms with Crippen LogP contribution < -0.4 is 0 Å². The molecule has 0 heterocycles. The van der Waals surface area contributed by atoms with Gasteiger partial charge in [0.15, 0.2) is 0 Å². The molecular formula is C13H13BrO2. The Labute approximate surface area is 104 Å². The molecular weight excluding hydrogens is 268 g/mol. The van der Waals surface area contributed by atoms with Crippen molar-refractivity contribution in [2.75, 3.05) is 7.11 Å². The maximum atomic E-state index is 10.9. The van der Waals surface area contributed by atoms with E-state index in [9.17, 15) is 4.79 Å². The van der Waals surface area contributed by atoms with Crippen molar-refractivity contribution in [2.24, 2.45) is 0 Å². The fourth-order valence-electron chi connectivity index (χ4n) is 1.38. The highest BCUT2D eigenvalue weighted by atomic mass is 79.9. The van der Waals surface area contributed by atoms with Crippen LogP contribution in [-0.4, -0.2) is 13.1 Å². The molecule has 1 rings (SSSR count). The lowest BCUT2D eigenvalue weighted by atomic mass is 10.0. The maximum absolute atomic E-state index is 10.9. The molecule has 2 nitrogen and oxygen atoms in total. The molecule has 0 aliphatic carbocycles. The molecule has 84 valence electrons. The fraction of sp³-hybridized carbons (Fsp3) is 0.308. The number of ether oxygens (including phenoxy) is 1. The van der Waals surface area contributed by atoms with Gasteiger partial charge in [-0.3, -0.25) is 4.79 Å². The monoisotopic (exact) mass is 280 g/mol. The molecule has 0 spiro atoms. The number of carbonyl (C=O) groups is 1. The van der Waals surface area contributed by atoms with Crippen molar-refractivity contribution in [3.05, 3.63) is 33.3 Å². The van der Waals surface area contributed by atoms with Crippen molar-refractivity contribution in [1.29, 1.82) is 0 Å². The summed E-state index contributed by atoms with van der Waals surface area (Å²) in [4.78, 5) is 10.9. The summed E-state index contributed by atoms with van der Waals surface area (Å²) in [5.41, 5.74) is 3.18. The summed E-state index contributed by atoms with van der Waals surface area (Å²) in [6.45, 7) is 4.00.